The third-order valence-electron chi connectivity index (χ3n) is 0.929. The molecule has 0 aromatic heterocycles. The maximum atomic E-state index is 10.2. The quantitative estimate of drug-likeness (QED) is 0.447. The van der Waals surface area contributed by atoms with Gasteiger partial charge in [-0.1, -0.05) is 0 Å². The van der Waals surface area contributed by atoms with Crippen LogP contribution in [0.4, 0.5) is 0 Å². The summed E-state index contributed by atoms with van der Waals surface area (Å²) in [5, 5.41) is 0.310. The summed E-state index contributed by atoms with van der Waals surface area (Å²) in [6.45, 7) is 1.94. The molecule has 0 radical (unpaired) electrons. The molecule has 6 heavy (non-hydrogen) atoms. The first kappa shape index (κ1) is 4.19. The molecule has 0 aromatic rings. The number of carbonyl (C=O) groups excluding carboxylic acids is 1. The highest BCUT2D eigenvalue weighted by Crippen LogP contribution is 2.22. The summed E-state index contributed by atoms with van der Waals surface area (Å²) in [5.41, 5.74) is 0. The molecule has 34 valence electrons. The van der Waals surface area contributed by atoms with E-state index in [9.17, 15) is 4.79 Å². The van der Waals surface area contributed by atoms with E-state index in [0.29, 0.717) is 11.0 Å². The summed E-state index contributed by atoms with van der Waals surface area (Å²) in [5.74, 6) is 1.15. The van der Waals surface area contributed by atoms with Crippen LogP contribution in [0.15, 0.2) is 0 Å². The molecule has 0 amide bonds. The minimum absolute atomic E-state index is 0.310. The Morgan fingerprint density at radius 1 is 2.00 bits per heavy atom. The summed E-state index contributed by atoms with van der Waals surface area (Å²) in [7, 11) is 0. The first-order chi connectivity index (χ1) is 2.80. The molecule has 0 aromatic carbocycles. The molecule has 0 aliphatic carbocycles. The van der Waals surface area contributed by atoms with Gasteiger partial charge in [-0.25, -0.2) is 0 Å². The summed E-state index contributed by atoms with van der Waals surface area (Å²) < 4.78 is 0. The third kappa shape index (κ3) is 0.451. The average Bonchev–Trinajstić information content (AvgIpc) is 1.61. The van der Waals surface area contributed by atoms with Crippen molar-refractivity contribution in [1.82, 2.24) is 0 Å². The van der Waals surface area contributed by atoms with E-state index < -0.39 is 0 Å². The number of Topliss-reactive ketones (excluding diaryl/α,β-unsaturated/α-hetero) is 1. The molecule has 1 atom stereocenters. The zero-order valence-electron chi connectivity index (χ0n) is 3.60. The van der Waals surface area contributed by atoms with E-state index >= 15 is 0 Å². The van der Waals surface area contributed by atoms with Gasteiger partial charge in [-0.3, -0.25) is 4.79 Å². The van der Waals surface area contributed by atoms with Gasteiger partial charge in [0.1, 0.15) is 0 Å². The molecule has 0 N–H and O–H groups in total. The summed E-state index contributed by atoms with van der Waals surface area (Å²) in [6.07, 6.45) is 0. The highest BCUT2D eigenvalue weighted by atomic mass is 32.2. The normalized spacial score (nSPS) is 32.8. The van der Waals surface area contributed by atoms with Gasteiger partial charge in [-0.15, -0.1) is 11.8 Å². The average molecular weight is 102 g/mol. The smallest absolute Gasteiger partial charge is 0.155 e. The lowest BCUT2D eigenvalue weighted by molar-refractivity contribution is -0.116. The molecule has 1 unspecified atom stereocenters. The molecule has 1 aliphatic rings. The lowest BCUT2D eigenvalue weighted by atomic mass is 10.3. The predicted octanol–water partition coefficient (Wildman–Crippen LogP) is 0.691. The van der Waals surface area contributed by atoms with Crippen LogP contribution in [-0.2, 0) is 4.79 Å². The maximum Gasteiger partial charge on any atom is 0.155 e. The predicted molar refractivity (Wildman–Crippen MR) is 26.9 cm³/mol. The van der Waals surface area contributed by atoms with Crippen molar-refractivity contribution in [2.24, 2.45) is 0 Å². The van der Waals surface area contributed by atoms with Crippen LogP contribution >= 0.6 is 11.8 Å². The van der Waals surface area contributed by atoms with Crippen molar-refractivity contribution < 1.29 is 4.79 Å². The Kier molecular flexibility index (Phi) is 0.880. The fourth-order valence-electron chi connectivity index (χ4n) is 0.318. The minimum Gasteiger partial charge on any atom is -0.298 e. The van der Waals surface area contributed by atoms with Crippen LogP contribution < -0.4 is 0 Å². The molecule has 0 spiro atoms. The molecule has 1 rings (SSSR count). The zero-order chi connectivity index (χ0) is 4.57. The molecular weight excluding hydrogens is 96.1 g/mol. The molecule has 1 saturated heterocycles. The van der Waals surface area contributed by atoms with Gasteiger partial charge in [0.2, 0.25) is 0 Å². The number of ketones is 1. The van der Waals surface area contributed by atoms with Crippen LogP contribution in [0.5, 0.6) is 0 Å². The van der Waals surface area contributed by atoms with E-state index in [1.807, 2.05) is 6.92 Å². The molecule has 1 heterocycles. The number of carbonyl (C=O) groups is 1. The molecule has 0 bridgehead atoms. The van der Waals surface area contributed by atoms with E-state index in [-0.39, 0.29) is 0 Å². The third-order valence-corrected chi connectivity index (χ3v) is 2.14. The number of rotatable bonds is 0. The molecule has 1 aliphatic heterocycles. The lowest BCUT2D eigenvalue weighted by Gasteiger charge is -2.17. The van der Waals surface area contributed by atoms with Gasteiger partial charge in [-0.05, 0) is 6.92 Å². The Balaban J connectivity index is 2.39. The largest absolute Gasteiger partial charge is 0.298 e. The van der Waals surface area contributed by atoms with Crippen LogP contribution in [0.25, 0.3) is 0 Å². The zero-order valence-corrected chi connectivity index (χ0v) is 4.42. The summed E-state index contributed by atoms with van der Waals surface area (Å²) >= 11 is 1.72. The molecule has 1 nitrogen and oxygen atoms in total. The van der Waals surface area contributed by atoms with Crippen LogP contribution in [-0.4, -0.2) is 16.8 Å². The number of thioether (sulfide) groups is 1. The van der Waals surface area contributed by atoms with E-state index in [4.69, 9.17) is 0 Å². The van der Waals surface area contributed by atoms with Gasteiger partial charge in [-0.2, -0.15) is 0 Å². The highest BCUT2D eigenvalue weighted by molar-refractivity contribution is 8.03. The van der Waals surface area contributed by atoms with E-state index in [0.717, 1.165) is 5.75 Å². The van der Waals surface area contributed by atoms with Crippen molar-refractivity contribution in [2.75, 3.05) is 5.75 Å². The van der Waals surface area contributed by atoms with Gasteiger partial charge in [0.05, 0.1) is 11.0 Å². The van der Waals surface area contributed by atoms with E-state index in [1.165, 1.54) is 0 Å². The van der Waals surface area contributed by atoms with Crippen molar-refractivity contribution in [2.45, 2.75) is 12.2 Å². The van der Waals surface area contributed by atoms with Crippen molar-refractivity contribution in [1.29, 1.82) is 0 Å². The fourth-order valence-corrected chi connectivity index (χ4v) is 0.954. The Morgan fingerprint density at radius 2 is 2.50 bits per heavy atom. The monoisotopic (exact) mass is 102 g/mol. The second-order valence-corrected chi connectivity index (χ2v) is 2.75. The fraction of sp³-hybridized carbons (Fsp3) is 0.750. The van der Waals surface area contributed by atoms with Crippen molar-refractivity contribution in [3.05, 3.63) is 0 Å². The molecule has 0 saturated carbocycles. The van der Waals surface area contributed by atoms with Crippen molar-refractivity contribution in [3.8, 4) is 0 Å². The summed E-state index contributed by atoms with van der Waals surface area (Å²) in [4.78, 5) is 10.2. The van der Waals surface area contributed by atoms with Gasteiger partial charge >= 0.3 is 0 Å². The second-order valence-electron chi connectivity index (χ2n) is 1.42. The van der Waals surface area contributed by atoms with E-state index in [1.54, 1.807) is 11.8 Å². The molecule has 1 fully saturated rings. The first-order valence-electron chi connectivity index (χ1n) is 1.95. The van der Waals surface area contributed by atoms with Crippen LogP contribution in [0.1, 0.15) is 6.92 Å². The van der Waals surface area contributed by atoms with Gasteiger partial charge in [0, 0.05) is 0 Å². The van der Waals surface area contributed by atoms with Crippen LogP contribution in [0.2, 0.25) is 0 Å². The standard InChI is InChI=1S/C4H6OS/c1-3-4(5)2-6-3/h3H,2H2,1H3. The second kappa shape index (κ2) is 1.26. The van der Waals surface area contributed by atoms with Crippen LogP contribution in [0.3, 0.4) is 0 Å². The number of hydrogen-bond donors (Lipinski definition) is 0. The topological polar surface area (TPSA) is 17.1 Å². The Hall–Kier alpha value is 0.0200. The first-order valence-corrected chi connectivity index (χ1v) is 3.00. The van der Waals surface area contributed by atoms with Crippen LogP contribution in [0, 0.1) is 0 Å². The minimum atomic E-state index is 0.310. The van der Waals surface area contributed by atoms with Crippen molar-refractivity contribution >= 4 is 17.5 Å². The Labute approximate surface area is 41.1 Å². The van der Waals surface area contributed by atoms with Crippen molar-refractivity contribution in [3.63, 3.8) is 0 Å². The summed E-state index contributed by atoms with van der Waals surface area (Å²) in [6, 6.07) is 0. The highest BCUT2D eigenvalue weighted by Gasteiger charge is 2.22. The van der Waals surface area contributed by atoms with Gasteiger partial charge in [0.25, 0.3) is 0 Å². The van der Waals surface area contributed by atoms with E-state index in [2.05, 4.69) is 0 Å². The van der Waals surface area contributed by atoms with Gasteiger partial charge < -0.3 is 0 Å². The Morgan fingerprint density at radius 3 is 2.50 bits per heavy atom. The van der Waals surface area contributed by atoms with Gasteiger partial charge in [0.15, 0.2) is 5.78 Å². The SMILES string of the molecule is CC1SCC1=O. The number of hydrogen-bond acceptors (Lipinski definition) is 2. The Bertz CT molecular complexity index is 79.6. The molecular formula is C4H6OS. The maximum absolute atomic E-state index is 10.2. The molecule has 2 heteroatoms. The lowest BCUT2D eigenvalue weighted by Crippen LogP contribution is -2.26.